The Bertz CT molecular complexity index is 338. The molecule has 0 bridgehead atoms. The van der Waals surface area contributed by atoms with Gasteiger partial charge in [0.2, 0.25) is 0 Å². The van der Waals surface area contributed by atoms with Crippen LogP contribution in [0.2, 0.25) is 5.02 Å². The van der Waals surface area contributed by atoms with E-state index in [1.165, 1.54) is 18.4 Å². The zero-order chi connectivity index (χ0) is 11.4. The van der Waals surface area contributed by atoms with E-state index in [-0.39, 0.29) is 6.61 Å². The predicted molar refractivity (Wildman–Crippen MR) is 66.5 cm³/mol. The monoisotopic (exact) mass is 239 g/mol. The van der Waals surface area contributed by atoms with Crippen LogP contribution in [0.15, 0.2) is 24.3 Å². The molecule has 0 aliphatic heterocycles. The molecule has 0 radical (unpaired) electrons. The number of rotatable bonds is 6. The summed E-state index contributed by atoms with van der Waals surface area (Å²) >= 11 is 5.93. The molecule has 1 aromatic rings. The summed E-state index contributed by atoms with van der Waals surface area (Å²) < 4.78 is 0. The highest BCUT2D eigenvalue weighted by atomic mass is 35.5. The Hall–Kier alpha value is -0.570. The molecule has 0 amide bonds. The van der Waals surface area contributed by atoms with Gasteiger partial charge in [-0.25, -0.2) is 0 Å². The Morgan fingerprint density at radius 2 is 2.25 bits per heavy atom. The quantitative estimate of drug-likeness (QED) is 0.800. The fraction of sp³-hybridized carbons (Fsp3) is 0.538. The first kappa shape index (κ1) is 11.9. The fourth-order valence-electron chi connectivity index (χ4n) is 2.04. The third kappa shape index (κ3) is 3.48. The van der Waals surface area contributed by atoms with Crippen LogP contribution in [0.5, 0.6) is 0 Å². The van der Waals surface area contributed by atoms with E-state index < -0.39 is 0 Å². The second-order valence-electron chi connectivity index (χ2n) is 4.47. The van der Waals surface area contributed by atoms with E-state index in [1.807, 2.05) is 18.2 Å². The summed E-state index contributed by atoms with van der Waals surface area (Å²) in [6.45, 7) is 1.10. The van der Waals surface area contributed by atoms with Gasteiger partial charge < -0.3 is 10.4 Å². The molecule has 1 aliphatic rings. The van der Waals surface area contributed by atoms with Crippen LogP contribution in [0.3, 0.4) is 0 Å². The summed E-state index contributed by atoms with van der Waals surface area (Å²) in [5.41, 5.74) is 1.20. The molecule has 2 rings (SSSR count). The van der Waals surface area contributed by atoms with Crippen molar-refractivity contribution in [2.75, 3.05) is 6.61 Å². The molecule has 1 unspecified atom stereocenters. The van der Waals surface area contributed by atoms with Crippen LogP contribution in [0.4, 0.5) is 0 Å². The molecule has 1 aromatic carbocycles. The maximum Gasteiger partial charge on any atom is 0.0445 e. The first-order valence-corrected chi connectivity index (χ1v) is 6.26. The molecule has 0 saturated heterocycles. The standard InChI is InChI=1S/C13H18ClNO/c14-12-3-1-2-10(8-12)9-15-13(6-7-16)11-4-5-11/h1-3,8,11,13,15-16H,4-7,9H2. The van der Waals surface area contributed by atoms with Crippen molar-refractivity contribution in [2.24, 2.45) is 5.92 Å². The van der Waals surface area contributed by atoms with Gasteiger partial charge in [0.15, 0.2) is 0 Å². The first-order valence-electron chi connectivity index (χ1n) is 5.88. The molecule has 16 heavy (non-hydrogen) atoms. The summed E-state index contributed by atoms with van der Waals surface area (Å²) in [6.07, 6.45) is 3.45. The van der Waals surface area contributed by atoms with Gasteiger partial charge in [0.25, 0.3) is 0 Å². The molecule has 0 spiro atoms. The van der Waals surface area contributed by atoms with Crippen LogP contribution in [0, 0.1) is 5.92 Å². The van der Waals surface area contributed by atoms with Gasteiger partial charge in [0.05, 0.1) is 0 Å². The molecule has 0 heterocycles. The van der Waals surface area contributed by atoms with E-state index in [0.717, 1.165) is 23.9 Å². The second-order valence-corrected chi connectivity index (χ2v) is 4.90. The predicted octanol–water partition coefficient (Wildman–Crippen LogP) is 2.59. The van der Waals surface area contributed by atoms with Crippen molar-refractivity contribution in [3.63, 3.8) is 0 Å². The smallest absolute Gasteiger partial charge is 0.0445 e. The molecule has 2 N–H and O–H groups in total. The molecule has 88 valence electrons. The van der Waals surface area contributed by atoms with Gasteiger partial charge in [-0.1, -0.05) is 23.7 Å². The lowest BCUT2D eigenvalue weighted by atomic mass is 10.1. The number of halogens is 1. The van der Waals surface area contributed by atoms with Crippen molar-refractivity contribution in [1.82, 2.24) is 5.32 Å². The minimum atomic E-state index is 0.268. The molecule has 2 nitrogen and oxygen atoms in total. The molecule has 1 atom stereocenters. The lowest BCUT2D eigenvalue weighted by Gasteiger charge is -2.17. The zero-order valence-electron chi connectivity index (χ0n) is 9.32. The number of benzene rings is 1. The van der Waals surface area contributed by atoms with E-state index in [1.54, 1.807) is 0 Å². The first-order chi connectivity index (χ1) is 7.79. The van der Waals surface area contributed by atoms with Gasteiger partial charge in [-0.05, 0) is 42.9 Å². The highest BCUT2D eigenvalue weighted by molar-refractivity contribution is 6.30. The van der Waals surface area contributed by atoms with Crippen molar-refractivity contribution in [1.29, 1.82) is 0 Å². The Morgan fingerprint density at radius 1 is 1.44 bits per heavy atom. The van der Waals surface area contributed by atoms with Crippen molar-refractivity contribution in [2.45, 2.75) is 31.8 Å². The van der Waals surface area contributed by atoms with Crippen molar-refractivity contribution in [3.8, 4) is 0 Å². The van der Waals surface area contributed by atoms with Gasteiger partial charge in [-0.15, -0.1) is 0 Å². The molecule has 1 saturated carbocycles. The van der Waals surface area contributed by atoms with E-state index in [2.05, 4.69) is 11.4 Å². The highest BCUT2D eigenvalue weighted by Gasteiger charge is 2.30. The van der Waals surface area contributed by atoms with E-state index in [0.29, 0.717) is 6.04 Å². The lowest BCUT2D eigenvalue weighted by Crippen LogP contribution is -2.31. The van der Waals surface area contributed by atoms with Crippen LogP contribution < -0.4 is 5.32 Å². The summed E-state index contributed by atoms with van der Waals surface area (Å²) in [4.78, 5) is 0. The minimum absolute atomic E-state index is 0.268. The molecule has 1 fully saturated rings. The third-order valence-corrected chi connectivity index (χ3v) is 3.32. The van der Waals surface area contributed by atoms with E-state index in [9.17, 15) is 0 Å². The van der Waals surface area contributed by atoms with Crippen molar-refractivity contribution in [3.05, 3.63) is 34.9 Å². The van der Waals surface area contributed by atoms with Crippen LogP contribution in [-0.4, -0.2) is 17.8 Å². The molecular formula is C13H18ClNO. The third-order valence-electron chi connectivity index (χ3n) is 3.09. The van der Waals surface area contributed by atoms with Crippen molar-refractivity contribution < 1.29 is 5.11 Å². The maximum absolute atomic E-state index is 8.99. The minimum Gasteiger partial charge on any atom is -0.396 e. The van der Waals surface area contributed by atoms with Crippen LogP contribution >= 0.6 is 11.6 Å². The molecule has 3 heteroatoms. The van der Waals surface area contributed by atoms with Gasteiger partial charge >= 0.3 is 0 Å². The summed E-state index contributed by atoms with van der Waals surface area (Å²) in [5.74, 6) is 0.770. The SMILES string of the molecule is OCCC(NCc1cccc(Cl)c1)C1CC1. The van der Waals surface area contributed by atoms with E-state index >= 15 is 0 Å². The average molecular weight is 240 g/mol. The molecule has 0 aromatic heterocycles. The topological polar surface area (TPSA) is 32.3 Å². The Labute approximate surface area is 102 Å². The summed E-state index contributed by atoms with van der Waals surface area (Å²) in [7, 11) is 0. The van der Waals surface area contributed by atoms with Crippen LogP contribution in [-0.2, 0) is 6.54 Å². The number of hydrogen-bond donors (Lipinski definition) is 2. The zero-order valence-corrected chi connectivity index (χ0v) is 10.1. The number of nitrogens with one attached hydrogen (secondary N) is 1. The van der Waals surface area contributed by atoms with Gasteiger partial charge in [0.1, 0.15) is 0 Å². The number of aliphatic hydroxyl groups is 1. The van der Waals surface area contributed by atoms with Crippen LogP contribution in [0.25, 0.3) is 0 Å². The molecular weight excluding hydrogens is 222 g/mol. The lowest BCUT2D eigenvalue weighted by molar-refractivity contribution is 0.256. The normalized spacial score (nSPS) is 17.4. The largest absolute Gasteiger partial charge is 0.396 e. The molecule has 1 aliphatic carbocycles. The second kappa shape index (κ2) is 5.67. The fourth-order valence-corrected chi connectivity index (χ4v) is 2.25. The Balaban J connectivity index is 1.85. The highest BCUT2D eigenvalue weighted by Crippen LogP contribution is 2.34. The van der Waals surface area contributed by atoms with Gasteiger partial charge in [-0.3, -0.25) is 0 Å². The number of aliphatic hydroxyl groups excluding tert-OH is 1. The number of hydrogen-bond acceptors (Lipinski definition) is 2. The Kier molecular flexibility index (Phi) is 4.22. The maximum atomic E-state index is 8.99. The van der Waals surface area contributed by atoms with Crippen molar-refractivity contribution >= 4 is 11.6 Å². The summed E-state index contributed by atoms with van der Waals surface area (Å²) in [5, 5.41) is 13.3. The van der Waals surface area contributed by atoms with Gasteiger partial charge in [0, 0.05) is 24.2 Å². The van der Waals surface area contributed by atoms with Crippen LogP contribution in [0.1, 0.15) is 24.8 Å². The van der Waals surface area contributed by atoms with Gasteiger partial charge in [-0.2, -0.15) is 0 Å². The van der Waals surface area contributed by atoms with E-state index in [4.69, 9.17) is 16.7 Å². The average Bonchev–Trinajstić information content (AvgIpc) is 3.08. The summed E-state index contributed by atoms with van der Waals surface area (Å²) in [6, 6.07) is 8.37. The Morgan fingerprint density at radius 3 is 2.88 bits per heavy atom.